The van der Waals surface area contributed by atoms with E-state index < -0.39 is 23.7 Å². The number of hydrogen-bond donors (Lipinski definition) is 2. The number of fused-ring (bicyclic) bond motifs is 1. The molecule has 2 rings (SSSR count). The van der Waals surface area contributed by atoms with E-state index in [0.29, 0.717) is 10.9 Å². The summed E-state index contributed by atoms with van der Waals surface area (Å²) in [5.41, 5.74) is 0.478. The summed E-state index contributed by atoms with van der Waals surface area (Å²) < 4.78 is 18.9. The van der Waals surface area contributed by atoms with Gasteiger partial charge in [0.05, 0.1) is 0 Å². The molecule has 1 heterocycles. The molecule has 2 N–H and O–H groups in total. The van der Waals surface area contributed by atoms with Crippen LogP contribution in [0.3, 0.4) is 0 Å². The lowest BCUT2D eigenvalue weighted by atomic mass is 10.0. The maximum Gasteiger partial charge on any atom is 0.326 e. The van der Waals surface area contributed by atoms with Gasteiger partial charge in [0.25, 0.3) is 5.91 Å². The number of para-hydroxylation sites is 1. The van der Waals surface area contributed by atoms with Crippen molar-refractivity contribution in [2.45, 2.75) is 26.8 Å². The smallest absolute Gasteiger partial charge is 0.326 e. The van der Waals surface area contributed by atoms with Crippen molar-refractivity contribution in [1.29, 1.82) is 0 Å². The predicted octanol–water partition coefficient (Wildman–Crippen LogP) is 2.72. The number of furan rings is 1. The van der Waals surface area contributed by atoms with Crippen LogP contribution in [0.2, 0.25) is 0 Å². The molecule has 0 spiro atoms. The van der Waals surface area contributed by atoms with Gasteiger partial charge in [-0.15, -0.1) is 0 Å². The molecule has 6 heteroatoms. The van der Waals surface area contributed by atoms with Crippen LogP contribution in [0.5, 0.6) is 0 Å². The molecule has 0 aliphatic carbocycles. The van der Waals surface area contributed by atoms with Crippen LogP contribution < -0.4 is 5.32 Å². The summed E-state index contributed by atoms with van der Waals surface area (Å²) >= 11 is 0. The van der Waals surface area contributed by atoms with Crippen LogP contribution in [0.25, 0.3) is 11.0 Å². The second-order valence-corrected chi connectivity index (χ2v) is 5.21. The lowest BCUT2D eigenvalue weighted by Crippen LogP contribution is -2.44. The van der Waals surface area contributed by atoms with Crippen molar-refractivity contribution in [3.63, 3.8) is 0 Å². The second kappa shape index (κ2) is 5.55. The van der Waals surface area contributed by atoms with E-state index in [1.165, 1.54) is 12.1 Å². The minimum atomic E-state index is -1.13. The van der Waals surface area contributed by atoms with E-state index in [0.717, 1.165) is 0 Å². The third kappa shape index (κ3) is 2.74. The Morgan fingerprint density at radius 1 is 1.33 bits per heavy atom. The second-order valence-electron chi connectivity index (χ2n) is 5.21. The lowest BCUT2D eigenvalue weighted by Gasteiger charge is -2.17. The average Bonchev–Trinajstić information content (AvgIpc) is 2.74. The number of carboxylic acids is 1. The predicted molar refractivity (Wildman–Crippen MR) is 74.6 cm³/mol. The zero-order valence-corrected chi connectivity index (χ0v) is 11.9. The maximum absolute atomic E-state index is 13.6. The molecule has 0 aliphatic rings. The van der Waals surface area contributed by atoms with Gasteiger partial charge in [-0.05, 0) is 18.9 Å². The van der Waals surface area contributed by atoms with Crippen LogP contribution in [0, 0.1) is 18.7 Å². The SMILES string of the molecule is Cc1c(C(=O)N[C@H](C(=O)O)C(C)C)oc2c(F)cccc12. The Morgan fingerprint density at radius 3 is 2.52 bits per heavy atom. The van der Waals surface area contributed by atoms with Gasteiger partial charge < -0.3 is 14.8 Å². The number of nitrogens with one attached hydrogen (secondary N) is 1. The van der Waals surface area contributed by atoms with Crippen LogP contribution in [-0.4, -0.2) is 23.0 Å². The van der Waals surface area contributed by atoms with Gasteiger partial charge in [0.1, 0.15) is 6.04 Å². The minimum Gasteiger partial charge on any atom is -0.480 e. The molecule has 1 atom stereocenters. The molecule has 5 nitrogen and oxygen atoms in total. The van der Waals surface area contributed by atoms with Crippen LogP contribution in [0.15, 0.2) is 22.6 Å². The summed E-state index contributed by atoms with van der Waals surface area (Å²) in [4.78, 5) is 23.3. The van der Waals surface area contributed by atoms with Gasteiger partial charge in [0, 0.05) is 10.9 Å². The first-order valence-electron chi connectivity index (χ1n) is 6.54. The number of aryl methyl sites for hydroxylation is 1. The van der Waals surface area contributed by atoms with E-state index in [4.69, 9.17) is 9.52 Å². The molecule has 0 saturated heterocycles. The Morgan fingerprint density at radius 2 is 2.00 bits per heavy atom. The molecule has 0 aliphatic heterocycles. The standard InChI is InChI=1S/C15H16FNO4/c1-7(2)11(15(19)20)17-14(18)12-8(3)9-5-4-6-10(16)13(9)21-12/h4-7,11H,1-3H3,(H,17,18)(H,19,20)/t11-/m0/s1. The number of aliphatic carboxylic acids is 1. The molecule has 1 aromatic carbocycles. The fraction of sp³-hybridized carbons (Fsp3) is 0.333. The summed E-state index contributed by atoms with van der Waals surface area (Å²) in [6, 6.07) is 3.37. The Hall–Kier alpha value is -2.37. The molecular formula is C15H16FNO4. The van der Waals surface area contributed by atoms with Crippen LogP contribution in [0.1, 0.15) is 30.0 Å². The lowest BCUT2D eigenvalue weighted by molar-refractivity contribution is -0.140. The molecule has 1 amide bonds. The summed E-state index contributed by atoms with van der Waals surface area (Å²) in [6.07, 6.45) is 0. The fourth-order valence-corrected chi connectivity index (χ4v) is 2.15. The first-order valence-corrected chi connectivity index (χ1v) is 6.54. The van der Waals surface area contributed by atoms with Crippen molar-refractivity contribution in [2.75, 3.05) is 0 Å². The quantitative estimate of drug-likeness (QED) is 0.908. The molecule has 0 saturated carbocycles. The van der Waals surface area contributed by atoms with E-state index in [9.17, 15) is 14.0 Å². The minimum absolute atomic E-state index is 0.00317. The van der Waals surface area contributed by atoms with E-state index in [-0.39, 0.29) is 17.3 Å². The molecular weight excluding hydrogens is 277 g/mol. The third-order valence-corrected chi connectivity index (χ3v) is 3.34. The summed E-state index contributed by atoms with van der Waals surface area (Å²) in [5, 5.41) is 12.0. The monoisotopic (exact) mass is 293 g/mol. The van der Waals surface area contributed by atoms with Gasteiger partial charge in [0.15, 0.2) is 17.2 Å². The van der Waals surface area contributed by atoms with Crippen LogP contribution >= 0.6 is 0 Å². The van der Waals surface area contributed by atoms with Crippen molar-refractivity contribution in [3.05, 3.63) is 35.3 Å². The topological polar surface area (TPSA) is 79.5 Å². The average molecular weight is 293 g/mol. The van der Waals surface area contributed by atoms with Crippen molar-refractivity contribution < 1.29 is 23.5 Å². The fourth-order valence-electron chi connectivity index (χ4n) is 2.15. The number of carboxylic acid groups (broad SMARTS) is 1. The normalized spacial score (nSPS) is 12.6. The molecule has 0 bridgehead atoms. The Balaban J connectivity index is 2.38. The number of amides is 1. The largest absolute Gasteiger partial charge is 0.480 e. The maximum atomic E-state index is 13.6. The Kier molecular flexibility index (Phi) is 3.97. The highest BCUT2D eigenvalue weighted by atomic mass is 19.1. The van der Waals surface area contributed by atoms with E-state index >= 15 is 0 Å². The highest BCUT2D eigenvalue weighted by Gasteiger charge is 2.27. The van der Waals surface area contributed by atoms with Crippen molar-refractivity contribution >= 4 is 22.8 Å². The molecule has 21 heavy (non-hydrogen) atoms. The zero-order valence-electron chi connectivity index (χ0n) is 11.9. The van der Waals surface area contributed by atoms with Gasteiger partial charge in [-0.25, -0.2) is 9.18 Å². The van der Waals surface area contributed by atoms with Gasteiger partial charge in [-0.3, -0.25) is 4.79 Å². The number of halogens is 1. The molecule has 112 valence electrons. The third-order valence-electron chi connectivity index (χ3n) is 3.34. The molecule has 1 aromatic heterocycles. The van der Waals surface area contributed by atoms with Crippen LogP contribution in [0.4, 0.5) is 4.39 Å². The number of carbonyl (C=O) groups excluding carboxylic acids is 1. The highest BCUT2D eigenvalue weighted by Crippen LogP contribution is 2.27. The number of hydrogen-bond acceptors (Lipinski definition) is 3. The number of carbonyl (C=O) groups is 2. The first-order chi connectivity index (χ1) is 9.82. The summed E-state index contributed by atoms with van der Waals surface area (Å²) in [7, 11) is 0. The van der Waals surface area contributed by atoms with Gasteiger partial charge in [0.2, 0.25) is 0 Å². The molecule has 2 aromatic rings. The van der Waals surface area contributed by atoms with Gasteiger partial charge in [-0.2, -0.15) is 0 Å². The van der Waals surface area contributed by atoms with Crippen molar-refractivity contribution in [2.24, 2.45) is 5.92 Å². The summed E-state index contributed by atoms with van der Waals surface area (Å²) in [6.45, 7) is 5.00. The Bertz CT molecular complexity index is 705. The van der Waals surface area contributed by atoms with E-state index in [1.54, 1.807) is 26.8 Å². The highest BCUT2D eigenvalue weighted by molar-refractivity contribution is 6.00. The molecule has 0 radical (unpaired) electrons. The zero-order chi connectivity index (χ0) is 15.7. The number of benzene rings is 1. The number of rotatable bonds is 4. The van der Waals surface area contributed by atoms with Gasteiger partial charge in [-0.1, -0.05) is 26.0 Å². The summed E-state index contributed by atoms with van der Waals surface area (Å²) in [5.74, 6) is -2.70. The first kappa shape index (κ1) is 15.0. The Labute approximate surface area is 120 Å². The van der Waals surface area contributed by atoms with Crippen LogP contribution in [-0.2, 0) is 4.79 Å². The van der Waals surface area contributed by atoms with Crippen molar-refractivity contribution in [3.8, 4) is 0 Å². The van der Waals surface area contributed by atoms with Gasteiger partial charge >= 0.3 is 5.97 Å². The van der Waals surface area contributed by atoms with E-state index in [2.05, 4.69) is 5.32 Å². The molecule has 0 fully saturated rings. The molecule has 0 unspecified atom stereocenters. The van der Waals surface area contributed by atoms with Crippen molar-refractivity contribution in [1.82, 2.24) is 5.32 Å². The van der Waals surface area contributed by atoms with E-state index in [1.807, 2.05) is 0 Å².